The zero-order chi connectivity index (χ0) is 23.3. The molecule has 0 bridgehead atoms. The predicted molar refractivity (Wildman–Crippen MR) is 108 cm³/mol. The molecule has 2 heterocycles. The van der Waals surface area contributed by atoms with Crippen LogP contribution in [0.4, 0.5) is 4.79 Å². The summed E-state index contributed by atoms with van der Waals surface area (Å²) in [7, 11) is 1.62. The standard InChI is InChI=1S/C17H28N8O6/c1-24(15(19)20)6-4-9(18)8-11(26)22-10-2-3-12(31-13(10)14(27)28)25-7-5-17(21,30)23-16(25)29/h2-3,5,7,9-10,12-13,30H,4,6,8,18,21H2,1H3,(H3,19,20)(H,22,26)(H,23,29)(H,27,28)/t9-,10-,12+,13-,17-/m0/s1. The summed E-state index contributed by atoms with van der Waals surface area (Å²) in [5, 5.41) is 31.1. The second-order valence-electron chi connectivity index (χ2n) is 7.30. The van der Waals surface area contributed by atoms with Crippen molar-refractivity contribution in [1.29, 1.82) is 5.41 Å². The van der Waals surface area contributed by atoms with Gasteiger partial charge < -0.3 is 36.6 Å². The number of nitrogens with one attached hydrogen (secondary N) is 3. The number of aliphatic hydroxyl groups is 1. The molecule has 0 aromatic heterocycles. The van der Waals surface area contributed by atoms with Crippen LogP contribution < -0.4 is 27.8 Å². The van der Waals surface area contributed by atoms with E-state index in [0.717, 1.165) is 11.0 Å². The zero-order valence-electron chi connectivity index (χ0n) is 16.9. The van der Waals surface area contributed by atoms with Crippen LogP contribution in [0.25, 0.3) is 0 Å². The van der Waals surface area contributed by atoms with Crippen molar-refractivity contribution in [3.8, 4) is 0 Å². The van der Waals surface area contributed by atoms with Crippen molar-refractivity contribution in [2.24, 2.45) is 17.2 Å². The van der Waals surface area contributed by atoms with Crippen molar-refractivity contribution in [3.63, 3.8) is 0 Å². The summed E-state index contributed by atoms with van der Waals surface area (Å²) in [4.78, 5) is 38.5. The molecule has 0 fully saturated rings. The molecule has 0 aliphatic carbocycles. The lowest BCUT2D eigenvalue weighted by Crippen LogP contribution is -2.62. The quantitative estimate of drug-likeness (QED) is 0.0819. The number of carbonyl (C=O) groups excluding carboxylic acids is 2. The van der Waals surface area contributed by atoms with Gasteiger partial charge in [-0.2, -0.15) is 0 Å². The Balaban J connectivity index is 1.98. The molecule has 11 N–H and O–H groups in total. The first-order chi connectivity index (χ1) is 14.4. The number of urea groups is 1. The van der Waals surface area contributed by atoms with E-state index in [2.05, 4.69) is 10.6 Å². The first kappa shape index (κ1) is 24.1. The molecule has 3 amide bonds. The molecule has 172 valence electrons. The minimum Gasteiger partial charge on any atom is -0.479 e. The van der Waals surface area contributed by atoms with Crippen LogP contribution in [-0.2, 0) is 14.3 Å². The minimum absolute atomic E-state index is 0.0712. The smallest absolute Gasteiger partial charge is 0.335 e. The maximum absolute atomic E-state index is 12.3. The molecular formula is C17H28N8O6. The molecule has 0 spiro atoms. The number of rotatable bonds is 8. The van der Waals surface area contributed by atoms with Gasteiger partial charge in [0, 0.05) is 32.3 Å². The molecule has 0 radical (unpaired) electrons. The maximum Gasteiger partial charge on any atom is 0.335 e. The maximum atomic E-state index is 12.3. The molecule has 0 aromatic carbocycles. The molecular weight excluding hydrogens is 412 g/mol. The van der Waals surface area contributed by atoms with Gasteiger partial charge in [-0.3, -0.25) is 26.2 Å². The zero-order valence-corrected chi connectivity index (χ0v) is 16.9. The number of aliphatic carboxylic acids is 1. The van der Waals surface area contributed by atoms with Gasteiger partial charge in [0.2, 0.25) is 11.8 Å². The summed E-state index contributed by atoms with van der Waals surface area (Å²) in [6.45, 7) is 0.388. The van der Waals surface area contributed by atoms with E-state index in [1.54, 1.807) is 7.05 Å². The molecule has 14 nitrogen and oxygen atoms in total. The van der Waals surface area contributed by atoms with E-state index in [-0.39, 0.29) is 12.4 Å². The molecule has 0 saturated heterocycles. The van der Waals surface area contributed by atoms with E-state index < -0.39 is 48.2 Å². The average Bonchev–Trinajstić information content (AvgIpc) is 2.65. The molecule has 2 rings (SSSR count). The topological polar surface area (TPSA) is 233 Å². The van der Waals surface area contributed by atoms with Crippen molar-refractivity contribution in [2.45, 2.75) is 43.1 Å². The van der Waals surface area contributed by atoms with Gasteiger partial charge in [-0.1, -0.05) is 6.08 Å². The Morgan fingerprint density at radius 2 is 2.16 bits per heavy atom. The summed E-state index contributed by atoms with van der Waals surface area (Å²) in [6.07, 6.45) is 2.84. The van der Waals surface area contributed by atoms with Crippen LogP contribution in [0.1, 0.15) is 12.8 Å². The highest BCUT2D eigenvalue weighted by atomic mass is 16.5. The van der Waals surface area contributed by atoms with Gasteiger partial charge >= 0.3 is 12.0 Å². The van der Waals surface area contributed by atoms with E-state index >= 15 is 0 Å². The van der Waals surface area contributed by atoms with Crippen molar-refractivity contribution in [1.82, 2.24) is 20.4 Å². The Hall–Kier alpha value is -3.20. The molecule has 0 aromatic rings. The highest BCUT2D eigenvalue weighted by Gasteiger charge is 2.39. The number of amides is 3. The molecule has 2 aliphatic heterocycles. The Kier molecular flexibility index (Phi) is 7.56. The Morgan fingerprint density at radius 3 is 2.74 bits per heavy atom. The summed E-state index contributed by atoms with van der Waals surface area (Å²) in [5.41, 5.74) is 16.6. The van der Waals surface area contributed by atoms with Gasteiger partial charge in [-0.15, -0.1) is 0 Å². The van der Waals surface area contributed by atoms with Crippen molar-refractivity contribution in [2.75, 3.05) is 13.6 Å². The van der Waals surface area contributed by atoms with Crippen LogP contribution in [0.15, 0.2) is 24.4 Å². The monoisotopic (exact) mass is 440 g/mol. The molecule has 2 aliphatic rings. The largest absolute Gasteiger partial charge is 0.479 e. The fraction of sp³-hybridized carbons (Fsp3) is 0.529. The van der Waals surface area contributed by atoms with Crippen molar-refractivity contribution >= 4 is 23.9 Å². The lowest BCUT2D eigenvalue weighted by molar-refractivity contribution is -0.160. The van der Waals surface area contributed by atoms with Crippen LogP contribution in [0, 0.1) is 5.41 Å². The van der Waals surface area contributed by atoms with Crippen LogP contribution in [0.5, 0.6) is 0 Å². The number of hydrogen-bond donors (Lipinski definition) is 8. The normalized spacial score (nSPS) is 28.6. The van der Waals surface area contributed by atoms with Crippen LogP contribution >= 0.6 is 0 Å². The Labute approximate surface area is 178 Å². The number of carboxylic acid groups (broad SMARTS) is 1. The summed E-state index contributed by atoms with van der Waals surface area (Å²) in [6, 6.07) is -2.31. The number of guanidine groups is 1. The lowest BCUT2D eigenvalue weighted by atomic mass is 10.1. The van der Waals surface area contributed by atoms with Crippen molar-refractivity contribution < 1.29 is 29.3 Å². The second kappa shape index (κ2) is 9.74. The number of carboxylic acids is 1. The van der Waals surface area contributed by atoms with Gasteiger partial charge in [0.05, 0.1) is 6.04 Å². The fourth-order valence-electron chi connectivity index (χ4n) is 2.89. The Morgan fingerprint density at radius 1 is 1.48 bits per heavy atom. The summed E-state index contributed by atoms with van der Waals surface area (Å²) in [5.74, 6) is -3.96. The Bertz CT molecular complexity index is 785. The fourth-order valence-corrected chi connectivity index (χ4v) is 2.89. The molecule has 0 saturated carbocycles. The van der Waals surface area contributed by atoms with Crippen LogP contribution in [0.2, 0.25) is 0 Å². The van der Waals surface area contributed by atoms with Gasteiger partial charge in [0.25, 0.3) is 0 Å². The summed E-state index contributed by atoms with van der Waals surface area (Å²) >= 11 is 0. The molecule has 14 heteroatoms. The van der Waals surface area contributed by atoms with E-state index in [0.29, 0.717) is 13.0 Å². The first-order valence-corrected chi connectivity index (χ1v) is 9.37. The van der Waals surface area contributed by atoms with Crippen molar-refractivity contribution in [3.05, 3.63) is 24.4 Å². The van der Waals surface area contributed by atoms with Crippen LogP contribution in [-0.4, -0.2) is 87.7 Å². The van der Waals surface area contributed by atoms with Gasteiger partial charge in [0.15, 0.2) is 18.3 Å². The second-order valence-corrected chi connectivity index (χ2v) is 7.30. The number of carbonyl (C=O) groups is 3. The van der Waals surface area contributed by atoms with Crippen LogP contribution in [0.3, 0.4) is 0 Å². The predicted octanol–water partition coefficient (Wildman–Crippen LogP) is -3.09. The first-order valence-electron chi connectivity index (χ1n) is 9.37. The summed E-state index contributed by atoms with van der Waals surface area (Å²) < 4.78 is 5.46. The molecule has 5 atom stereocenters. The van der Waals surface area contributed by atoms with E-state index in [1.807, 2.05) is 0 Å². The van der Waals surface area contributed by atoms with Gasteiger partial charge in [0.1, 0.15) is 0 Å². The van der Waals surface area contributed by atoms with E-state index in [9.17, 15) is 24.6 Å². The lowest BCUT2D eigenvalue weighted by Gasteiger charge is -2.38. The van der Waals surface area contributed by atoms with Gasteiger partial charge in [-0.05, 0) is 18.6 Å². The van der Waals surface area contributed by atoms with Gasteiger partial charge in [-0.25, -0.2) is 9.59 Å². The van der Waals surface area contributed by atoms with E-state index in [4.69, 9.17) is 27.3 Å². The number of nitrogens with two attached hydrogens (primary N) is 3. The third-order valence-corrected chi connectivity index (χ3v) is 4.67. The molecule has 31 heavy (non-hydrogen) atoms. The third-order valence-electron chi connectivity index (χ3n) is 4.67. The highest BCUT2D eigenvalue weighted by Crippen LogP contribution is 2.20. The third kappa shape index (κ3) is 6.65. The highest BCUT2D eigenvalue weighted by molar-refractivity contribution is 5.81. The SMILES string of the molecule is CN(CC[C@H](N)CC(=O)N[C@H]1C=C[C@H](N2C=C[C@@](N)(O)NC2=O)O[C@@H]1C(=O)O)C(=N)N. The number of nitrogens with zero attached hydrogens (tertiary/aromatic N) is 2. The van der Waals surface area contributed by atoms with E-state index in [1.165, 1.54) is 23.3 Å². The average molecular weight is 440 g/mol. The number of hydrogen-bond acceptors (Lipinski definition) is 8. The minimum atomic E-state index is -2.02. The molecule has 0 unspecified atom stereocenters. The number of ether oxygens (including phenoxy) is 1.